The third kappa shape index (κ3) is 2.95. The summed E-state index contributed by atoms with van der Waals surface area (Å²) < 4.78 is 11.1. The van der Waals surface area contributed by atoms with Crippen molar-refractivity contribution in [3.8, 4) is 5.75 Å². The molecule has 73 valence electrons. The minimum absolute atomic E-state index is 0.0407. The molecule has 0 aliphatic rings. The molecule has 0 aliphatic heterocycles. The van der Waals surface area contributed by atoms with Crippen LogP contribution in [0.4, 0.5) is 0 Å². The molecule has 0 aliphatic carbocycles. The van der Waals surface area contributed by atoms with Crippen LogP contribution in [0.5, 0.6) is 5.75 Å². The second-order valence-corrected chi connectivity index (χ2v) is 4.52. The van der Waals surface area contributed by atoms with E-state index in [0.717, 1.165) is 5.56 Å². The van der Waals surface area contributed by atoms with Gasteiger partial charge in [0.1, 0.15) is 0 Å². The molecule has 0 fully saturated rings. The van der Waals surface area contributed by atoms with Crippen molar-refractivity contribution in [2.24, 2.45) is 0 Å². The van der Waals surface area contributed by atoms with Gasteiger partial charge in [-0.3, -0.25) is 0 Å². The molecule has 0 atom stereocenters. The summed E-state index contributed by atoms with van der Waals surface area (Å²) in [6.07, 6.45) is 0. The number of phenolic OH excluding ortho intramolecular Hbond substituents is 1. The molecule has 0 saturated heterocycles. The van der Waals surface area contributed by atoms with E-state index in [1.807, 2.05) is 0 Å². The Kier molecular flexibility index (Phi) is 3.66. The second-order valence-electron chi connectivity index (χ2n) is 2.35. The zero-order chi connectivity index (χ0) is 9.84. The van der Waals surface area contributed by atoms with Gasteiger partial charge in [0.2, 0.25) is 0 Å². The van der Waals surface area contributed by atoms with Crippen LogP contribution in [0.3, 0.4) is 0 Å². The Morgan fingerprint density at radius 1 is 1.62 bits per heavy atom. The van der Waals surface area contributed by atoms with Gasteiger partial charge in [0.05, 0.1) is 0 Å². The maximum atomic E-state index is 11.1. The number of benzene rings is 1. The zero-order valence-electron chi connectivity index (χ0n) is 6.79. The van der Waals surface area contributed by atoms with Crippen molar-refractivity contribution < 1.29 is 22.6 Å². The topological polar surface area (TPSA) is 37.3 Å². The van der Waals surface area contributed by atoms with Gasteiger partial charge in [0.15, 0.2) is 0 Å². The molecule has 0 bridgehead atoms. The molecule has 2 nitrogen and oxygen atoms in total. The van der Waals surface area contributed by atoms with Gasteiger partial charge in [0.25, 0.3) is 0 Å². The third-order valence-corrected chi connectivity index (χ3v) is 2.98. The van der Waals surface area contributed by atoms with Crippen LogP contribution in [-0.4, -0.2) is 5.11 Å². The summed E-state index contributed by atoms with van der Waals surface area (Å²) in [4.78, 5) is 0. The molecule has 0 saturated carbocycles. The van der Waals surface area contributed by atoms with E-state index in [-0.39, 0.29) is 10.8 Å². The molecule has 0 amide bonds. The fourth-order valence-corrected chi connectivity index (χ4v) is 1.81. The van der Waals surface area contributed by atoms with Crippen molar-refractivity contribution in [1.29, 1.82) is 0 Å². The summed E-state index contributed by atoms with van der Waals surface area (Å²) in [5.74, 6) is 0.0407. The number of rotatable bonds is 3. The molecule has 0 unspecified atom stereocenters. The summed E-state index contributed by atoms with van der Waals surface area (Å²) in [6, 6.07) is 4.79. The molecule has 0 aromatic heterocycles. The Labute approximate surface area is 85.8 Å². The van der Waals surface area contributed by atoms with E-state index in [1.54, 1.807) is 12.1 Å². The van der Waals surface area contributed by atoms with Crippen LogP contribution >= 0.6 is 11.6 Å². The summed E-state index contributed by atoms with van der Waals surface area (Å²) in [5.41, 5.74) is 0.836. The first-order valence-electron chi connectivity index (χ1n) is 3.48. The van der Waals surface area contributed by atoms with E-state index in [0.29, 0.717) is 5.36 Å². The van der Waals surface area contributed by atoms with E-state index in [4.69, 9.17) is 16.7 Å². The quantitative estimate of drug-likeness (QED) is 0.886. The molecule has 1 aromatic carbocycles. The zero-order valence-corrected chi connectivity index (χ0v) is 8.59. The number of aromatic hydroxyl groups is 1. The molecule has 1 rings (SSSR count). The Morgan fingerprint density at radius 3 is 2.85 bits per heavy atom. The van der Waals surface area contributed by atoms with Gasteiger partial charge in [-0.15, -0.1) is 0 Å². The summed E-state index contributed by atoms with van der Waals surface area (Å²) in [6.45, 7) is 3.43. The molecule has 4 heteroatoms. The van der Waals surface area contributed by atoms with Crippen LogP contribution in [-0.2, 0) is 22.8 Å². The Hall–Kier alpha value is -0.644. The van der Waals surface area contributed by atoms with E-state index in [9.17, 15) is 3.87 Å². The van der Waals surface area contributed by atoms with Gasteiger partial charge < -0.3 is 0 Å². The van der Waals surface area contributed by atoms with Gasteiger partial charge >= 0.3 is 85.6 Å². The SMILES string of the molecule is C=[CH][Co](=[O])[CH2]c1ccc(O)c(Cl)c1. The van der Waals surface area contributed by atoms with Crippen LogP contribution in [0.2, 0.25) is 5.02 Å². The van der Waals surface area contributed by atoms with Gasteiger partial charge in [-0.25, -0.2) is 0 Å². The Balaban J connectivity index is 2.85. The van der Waals surface area contributed by atoms with Crippen molar-refractivity contribution in [1.82, 2.24) is 0 Å². The number of phenols is 1. The summed E-state index contributed by atoms with van der Waals surface area (Å²) in [5, 5.41) is 11.2. The molecule has 1 aromatic rings. The fraction of sp³-hybridized carbons (Fsp3) is 0.111. The van der Waals surface area contributed by atoms with Gasteiger partial charge in [-0.05, 0) is 0 Å². The van der Waals surface area contributed by atoms with E-state index < -0.39 is 13.6 Å². The van der Waals surface area contributed by atoms with Crippen molar-refractivity contribution in [2.45, 2.75) is 5.36 Å². The predicted molar refractivity (Wildman–Crippen MR) is 47.7 cm³/mol. The number of hydrogen-bond acceptors (Lipinski definition) is 2. The van der Waals surface area contributed by atoms with Crippen molar-refractivity contribution >= 4 is 11.6 Å². The first kappa shape index (κ1) is 10.4. The Bertz CT molecular complexity index is 349. The molecule has 1 N–H and O–H groups in total. The fourth-order valence-electron chi connectivity index (χ4n) is 0.806. The molecule has 0 radical (unpaired) electrons. The average Bonchev–Trinajstić information content (AvgIpc) is 2.11. The number of halogens is 1. The molecule has 0 heterocycles. The predicted octanol–water partition coefficient (Wildman–Crippen LogP) is 2.65. The molecular formula is C9H9ClCoO2. The third-order valence-electron chi connectivity index (χ3n) is 1.42. The second kappa shape index (κ2) is 4.55. The Morgan fingerprint density at radius 2 is 2.31 bits per heavy atom. The summed E-state index contributed by atoms with van der Waals surface area (Å²) >= 11 is 4.29. The van der Waals surface area contributed by atoms with Gasteiger partial charge in [-0.2, -0.15) is 0 Å². The van der Waals surface area contributed by atoms with E-state index in [1.165, 1.54) is 11.1 Å². The van der Waals surface area contributed by atoms with Crippen molar-refractivity contribution in [3.63, 3.8) is 0 Å². The number of hydrogen-bond donors (Lipinski definition) is 1. The molecular weight excluding hydrogens is 234 g/mol. The first-order chi connectivity index (χ1) is 6.13. The monoisotopic (exact) mass is 243 g/mol. The molecule has 0 spiro atoms. The molecule has 13 heavy (non-hydrogen) atoms. The van der Waals surface area contributed by atoms with Crippen LogP contribution < -0.4 is 0 Å². The maximum absolute atomic E-state index is 11.1. The van der Waals surface area contributed by atoms with Crippen LogP contribution in [0.15, 0.2) is 29.8 Å². The van der Waals surface area contributed by atoms with Gasteiger partial charge in [-0.1, -0.05) is 0 Å². The van der Waals surface area contributed by atoms with Crippen molar-refractivity contribution in [3.05, 3.63) is 40.4 Å². The average molecular weight is 244 g/mol. The van der Waals surface area contributed by atoms with Gasteiger partial charge in [0, 0.05) is 0 Å². The minimum atomic E-state index is -1.38. The van der Waals surface area contributed by atoms with Crippen LogP contribution in [0.25, 0.3) is 0 Å². The summed E-state index contributed by atoms with van der Waals surface area (Å²) in [7, 11) is 0. The van der Waals surface area contributed by atoms with Crippen LogP contribution in [0, 0.1) is 0 Å². The van der Waals surface area contributed by atoms with E-state index in [2.05, 4.69) is 6.58 Å². The normalized spacial score (nSPS) is 11.0. The van der Waals surface area contributed by atoms with Crippen LogP contribution in [0.1, 0.15) is 5.56 Å². The van der Waals surface area contributed by atoms with Crippen molar-refractivity contribution in [2.75, 3.05) is 0 Å². The van der Waals surface area contributed by atoms with E-state index >= 15 is 0 Å². The standard InChI is InChI=1S/C7H6ClO.C2H3.Co.O/c1-5-2-3-7(9)6(8)4-5;1-2;;/h2-4,9H,1H2;1H,2H2;;. The first-order valence-corrected chi connectivity index (χ1v) is 5.62.